The Morgan fingerprint density at radius 1 is 0.967 bits per heavy atom. The first-order valence-corrected chi connectivity index (χ1v) is 11.1. The van der Waals surface area contributed by atoms with Crippen molar-refractivity contribution in [3.05, 3.63) is 66.0 Å². The van der Waals surface area contributed by atoms with Gasteiger partial charge in [0, 0.05) is 39.1 Å². The summed E-state index contributed by atoms with van der Waals surface area (Å²) in [6, 6.07) is 14.2. The third-order valence-electron chi connectivity index (χ3n) is 4.89. The molecule has 0 spiro atoms. The number of carbonyl (C=O) groups is 2. The summed E-state index contributed by atoms with van der Waals surface area (Å²) in [5, 5.41) is 2.73. The molecule has 3 rings (SSSR count). The van der Waals surface area contributed by atoms with Gasteiger partial charge in [0.2, 0.25) is 21.8 Å². The van der Waals surface area contributed by atoms with E-state index in [1.165, 1.54) is 22.5 Å². The number of nitrogens with zero attached hydrogens (tertiary/aromatic N) is 2. The third kappa shape index (κ3) is 5.64. The van der Waals surface area contributed by atoms with Crippen LogP contribution in [0.1, 0.15) is 12.0 Å². The second kappa shape index (κ2) is 9.82. The first-order chi connectivity index (χ1) is 14.4. The zero-order valence-corrected chi connectivity index (χ0v) is 17.3. The fourth-order valence-electron chi connectivity index (χ4n) is 3.27. The topological polar surface area (TPSA) is 86.8 Å². The van der Waals surface area contributed by atoms with Crippen molar-refractivity contribution >= 4 is 21.8 Å². The average Bonchev–Trinajstić information content (AvgIpc) is 2.74. The van der Waals surface area contributed by atoms with Gasteiger partial charge in [-0.1, -0.05) is 36.4 Å². The summed E-state index contributed by atoms with van der Waals surface area (Å²) in [5.41, 5.74) is 0.900. The molecule has 1 aliphatic heterocycles. The van der Waals surface area contributed by atoms with Gasteiger partial charge in [-0.15, -0.1) is 0 Å². The Bertz CT molecular complexity index is 990. The molecule has 2 aromatic carbocycles. The van der Waals surface area contributed by atoms with Crippen molar-refractivity contribution in [3.63, 3.8) is 0 Å². The fourth-order valence-corrected chi connectivity index (χ4v) is 4.72. The Morgan fingerprint density at radius 3 is 2.33 bits per heavy atom. The van der Waals surface area contributed by atoms with Crippen molar-refractivity contribution in [2.24, 2.45) is 0 Å². The van der Waals surface area contributed by atoms with Crippen molar-refractivity contribution in [1.29, 1.82) is 0 Å². The van der Waals surface area contributed by atoms with Crippen LogP contribution in [-0.4, -0.2) is 62.2 Å². The number of nitrogens with one attached hydrogen (secondary N) is 1. The van der Waals surface area contributed by atoms with Gasteiger partial charge >= 0.3 is 0 Å². The molecule has 0 radical (unpaired) electrons. The maximum absolute atomic E-state index is 13.4. The first-order valence-electron chi connectivity index (χ1n) is 9.70. The lowest BCUT2D eigenvalue weighted by Crippen LogP contribution is -2.50. The fraction of sp³-hybridized carbons (Fsp3) is 0.333. The SMILES string of the molecule is O=C(Cc1ccccc1)NCCC(=O)N1CCN(S(=O)(=O)c2cccc(F)c2)CC1. The molecule has 1 saturated heterocycles. The summed E-state index contributed by atoms with van der Waals surface area (Å²) in [6.07, 6.45) is 0.406. The molecule has 160 valence electrons. The molecule has 1 fully saturated rings. The Hall–Kier alpha value is -2.78. The van der Waals surface area contributed by atoms with Crippen LogP contribution in [0.25, 0.3) is 0 Å². The molecule has 2 amide bonds. The summed E-state index contributed by atoms with van der Waals surface area (Å²) in [6.45, 7) is 1.03. The van der Waals surface area contributed by atoms with E-state index in [2.05, 4.69) is 5.32 Å². The third-order valence-corrected chi connectivity index (χ3v) is 6.79. The molecule has 30 heavy (non-hydrogen) atoms. The van der Waals surface area contributed by atoms with Gasteiger partial charge in [-0.05, 0) is 23.8 Å². The van der Waals surface area contributed by atoms with Crippen LogP contribution in [0.5, 0.6) is 0 Å². The number of carbonyl (C=O) groups excluding carboxylic acids is 2. The average molecular weight is 434 g/mol. The number of rotatable bonds is 7. The van der Waals surface area contributed by atoms with Gasteiger partial charge in [0.05, 0.1) is 11.3 Å². The highest BCUT2D eigenvalue weighted by Gasteiger charge is 2.30. The molecule has 7 nitrogen and oxygen atoms in total. The molecular weight excluding hydrogens is 409 g/mol. The molecule has 0 aromatic heterocycles. The zero-order chi connectivity index (χ0) is 21.6. The van der Waals surface area contributed by atoms with Crippen molar-refractivity contribution in [2.75, 3.05) is 32.7 Å². The molecule has 1 aliphatic rings. The predicted octanol–water partition coefficient (Wildman–Crippen LogP) is 1.41. The highest BCUT2D eigenvalue weighted by atomic mass is 32.2. The van der Waals surface area contributed by atoms with E-state index < -0.39 is 15.8 Å². The lowest BCUT2D eigenvalue weighted by Gasteiger charge is -2.34. The van der Waals surface area contributed by atoms with Gasteiger partial charge in [-0.25, -0.2) is 12.8 Å². The van der Waals surface area contributed by atoms with E-state index in [-0.39, 0.29) is 62.3 Å². The molecule has 9 heteroatoms. The van der Waals surface area contributed by atoms with E-state index >= 15 is 0 Å². The lowest BCUT2D eigenvalue weighted by atomic mass is 10.1. The summed E-state index contributed by atoms with van der Waals surface area (Å²) in [7, 11) is -3.79. The summed E-state index contributed by atoms with van der Waals surface area (Å²) in [5.74, 6) is -0.906. The van der Waals surface area contributed by atoms with Crippen molar-refractivity contribution in [2.45, 2.75) is 17.7 Å². The van der Waals surface area contributed by atoms with Crippen LogP contribution in [0.15, 0.2) is 59.5 Å². The van der Waals surface area contributed by atoms with Gasteiger partial charge in [0.25, 0.3) is 0 Å². The van der Waals surface area contributed by atoms with Crippen LogP contribution in [0.4, 0.5) is 4.39 Å². The summed E-state index contributed by atoms with van der Waals surface area (Å²) < 4.78 is 39.9. The number of amides is 2. The highest BCUT2D eigenvalue weighted by Crippen LogP contribution is 2.18. The van der Waals surface area contributed by atoms with Crippen LogP contribution >= 0.6 is 0 Å². The molecule has 2 aromatic rings. The van der Waals surface area contributed by atoms with E-state index in [9.17, 15) is 22.4 Å². The standard InChI is InChI=1S/C21H24FN3O4S/c22-18-7-4-8-19(16-18)30(28,29)25-13-11-24(12-14-25)21(27)9-10-23-20(26)15-17-5-2-1-3-6-17/h1-8,16H,9-15H2,(H,23,26). The Labute approximate surface area is 175 Å². The van der Waals surface area contributed by atoms with Gasteiger partial charge < -0.3 is 10.2 Å². The molecule has 1 N–H and O–H groups in total. The minimum absolute atomic E-state index is 0.0941. The van der Waals surface area contributed by atoms with Gasteiger partial charge in [0.1, 0.15) is 5.82 Å². The maximum atomic E-state index is 13.4. The van der Waals surface area contributed by atoms with Crippen LogP contribution in [-0.2, 0) is 26.0 Å². The summed E-state index contributed by atoms with van der Waals surface area (Å²) in [4.78, 5) is 25.8. The van der Waals surface area contributed by atoms with E-state index in [1.54, 1.807) is 4.90 Å². The second-order valence-electron chi connectivity index (χ2n) is 7.00. The first kappa shape index (κ1) is 21.9. The zero-order valence-electron chi connectivity index (χ0n) is 16.5. The minimum atomic E-state index is -3.79. The number of hydrogen-bond acceptors (Lipinski definition) is 4. The Balaban J connectivity index is 1.43. The van der Waals surface area contributed by atoms with E-state index in [4.69, 9.17) is 0 Å². The second-order valence-corrected chi connectivity index (χ2v) is 8.94. The normalized spacial score (nSPS) is 15.0. The summed E-state index contributed by atoms with van der Waals surface area (Å²) >= 11 is 0. The smallest absolute Gasteiger partial charge is 0.243 e. The molecule has 0 saturated carbocycles. The van der Waals surface area contributed by atoms with Crippen molar-refractivity contribution in [1.82, 2.24) is 14.5 Å². The van der Waals surface area contributed by atoms with Crippen molar-refractivity contribution < 1.29 is 22.4 Å². The number of piperazine rings is 1. The highest BCUT2D eigenvalue weighted by molar-refractivity contribution is 7.89. The van der Waals surface area contributed by atoms with Crippen molar-refractivity contribution in [3.8, 4) is 0 Å². The Morgan fingerprint density at radius 2 is 1.67 bits per heavy atom. The number of sulfonamides is 1. The van der Waals surface area contributed by atoms with E-state index in [1.807, 2.05) is 30.3 Å². The quantitative estimate of drug-likeness (QED) is 0.715. The van der Waals surface area contributed by atoms with Crippen LogP contribution in [0.3, 0.4) is 0 Å². The number of halogens is 1. The number of benzene rings is 2. The van der Waals surface area contributed by atoms with Gasteiger partial charge in [-0.2, -0.15) is 4.31 Å². The molecule has 0 aliphatic carbocycles. The molecular formula is C21H24FN3O4S. The number of hydrogen-bond donors (Lipinski definition) is 1. The predicted molar refractivity (Wildman–Crippen MR) is 110 cm³/mol. The monoisotopic (exact) mass is 433 g/mol. The van der Waals surface area contributed by atoms with Gasteiger partial charge in [-0.3, -0.25) is 9.59 Å². The molecule has 0 unspecified atom stereocenters. The molecule has 1 heterocycles. The van der Waals surface area contributed by atoms with E-state index in [0.717, 1.165) is 11.6 Å². The largest absolute Gasteiger partial charge is 0.355 e. The minimum Gasteiger partial charge on any atom is -0.355 e. The lowest BCUT2D eigenvalue weighted by molar-refractivity contribution is -0.132. The van der Waals surface area contributed by atoms with Crippen LogP contribution < -0.4 is 5.32 Å². The maximum Gasteiger partial charge on any atom is 0.243 e. The Kier molecular flexibility index (Phi) is 7.17. The van der Waals surface area contributed by atoms with Gasteiger partial charge in [0.15, 0.2) is 0 Å². The molecule has 0 bridgehead atoms. The van der Waals surface area contributed by atoms with Crippen LogP contribution in [0.2, 0.25) is 0 Å². The molecule has 0 atom stereocenters. The van der Waals surface area contributed by atoms with E-state index in [0.29, 0.717) is 0 Å². The van der Waals surface area contributed by atoms with Crippen LogP contribution in [0, 0.1) is 5.82 Å².